The first kappa shape index (κ1) is 12.7. The minimum atomic E-state index is -0.857. The molecule has 2 heterocycles. The largest absolute Gasteiger partial charge is 0.481 e. The zero-order valence-corrected chi connectivity index (χ0v) is 10.9. The van der Waals surface area contributed by atoms with Crippen molar-refractivity contribution in [3.63, 3.8) is 0 Å². The van der Waals surface area contributed by atoms with E-state index in [0.29, 0.717) is 28.9 Å². The summed E-state index contributed by atoms with van der Waals surface area (Å²) in [6.45, 7) is 1.84. The highest BCUT2D eigenvalue weighted by Crippen LogP contribution is 2.29. The molecule has 0 radical (unpaired) electrons. The first-order chi connectivity index (χ1) is 8.49. The van der Waals surface area contributed by atoms with Gasteiger partial charge in [0.2, 0.25) is 0 Å². The third-order valence-electron chi connectivity index (χ3n) is 2.65. The molecule has 0 unspecified atom stereocenters. The SMILES string of the molecule is Cc1ccc(-c2nc(CCC(=O)O)n(C)c2Cl)o1. The molecular formula is C12H13ClN2O3. The molecule has 0 atom stereocenters. The Morgan fingerprint density at radius 2 is 2.28 bits per heavy atom. The molecule has 2 rings (SSSR count). The molecule has 0 fully saturated rings. The predicted octanol–water partition coefficient (Wildman–Crippen LogP) is 2.66. The van der Waals surface area contributed by atoms with E-state index >= 15 is 0 Å². The van der Waals surface area contributed by atoms with Crippen LogP contribution in [-0.2, 0) is 18.3 Å². The van der Waals surface area contributed by atoms with Crippen molar-refractivity contribution < 1.29 is 14.3 Å². The Labute approximate surface area is 109 Å². The van der Waals surface area contributed by atoms with Gasteiger partial charge < -0.3 is 14.1 Å². The van der Waals surface area contributed by atoms with Crippen molar-refractivity contribution in [1.82, 2.24) is 9.55 Å². The summed E-state index contributed by atoms with van der Waals surface area (Å²) in [6, 6.07) is 3.63. The number of aromatic nitrogens is 2. The fourth-order valence-corrected chi connectivity index (χ4v) is 1.92. The van der Waals surface area contributed by atoms with Gasteiger partial charge in [0.1, 0.15) is 22.4 Å². The number of furan rings is 1. The number of carbonyl (C=O) groups is 1. The topological polar surface area (TPSA) is 68.3 Å². The smallest absolute Gasteiger partial charge is 0.303 e. The molecule has 0 saturated heterocycles. The van der Waals surface area contributed by atoms with Gasteiger partial charge >= 0.3 is 5.97 Å². The molecule has 1 N–H and O–H groups in total. The van der Waals surface area contributed by atoms with Gasteiger partial charge in [-0.1, -0.05) is 11.6 Å². The van der Waals surface area contributed by atoms with E-state index in [0.717, 1.165) is 5.76 Å². The van der Waals surface area contributed by atoms with Crippen LogP contribution in [0.1, 0.15) is 18.0 Å². The van der Waals surface area contributed by atoms with Crippen molar-refractivity contribution in [1.29, 1.82) is 0 Å². The Morgan fingerprint density at radius 1 is 1.56 bits per heavy atom. The van der Waals surface area contributed by atoms with Crippen LogP contribution in [-0.4, -0.2) is 20.6 Å². The minimum absolute atomic E-state index is 0.0256. The maximum Gasteiger partial charge on any atom is 0.303 e. The molecule has 6 heteroatoms. The van der Waals surface area contributed by atoms with Gasteiger partial charge in [0.15, 0.2) is 5.76 Å². The zero-order valence-electron chi connectivity index (χ0n) is 10.1. The molecular weight excluding hydrogens is 256 g/mol. The molecule has 0 aliphatic rings. The fourth-order valence-electron chi connectivity index (χ4n) is 1.68. The van der Waals surface area contributed by atoms with Crippen molar-refractivity contribution in [2.24, 2.45) is 7.05 Å². The molecule has 96 valence electrons. The van der Waals surface area contributed by atoms with Gasteiger partial charge in [-0.15, -0.1) is 0 Å². The van der Waals surface area contributed by atoms with E-state index in [-0.39, 0.29) is 6.42 Å². The number of rotatable bonds is 4. The third kappa shape index (κ3) is 2.41. The van der Waals surface area contributed by atoms with Crippen LogP contribution in [0.25, 0.3) is 11.5 Å². The highest BCUT2D eigenvalue weighted by atomic mass is 35.5. The van der Waals surface area contributed by atoms with Crippen molar-refractivity contribution in [3.8, 4) is 11.5 Å². The number of carboxylic acid groups (broad SMARTS) is 1. The van der Waals surface area contributed by atoms with Crippen molar-refractivity contribution in [3.05, 3.63) is 28.9 Å². The first-order valence-electron chi connectivity index (χ1n) is 5.48. The Kier molecular flexibility index (Phi) is 3.43. The molecule has 5 nitrogen and oxygen atoms in total. The summed E-state index contributed by atoms with van der Waals surface area (Å²) >= 11 is 6.17. The normalized spacial score (nSPS) is 10.8. The number of aliphatic carboxylic acids is 1. The molecule has 0 amide bonds. The van der Waals surface area contributed by atoms with E-state index in [1.165, 1.54) is 0 Å². The maximum absolute atomic E-state index is 10.6. The number of nitrogens with zero attached hydrogens (tertiary/aromatic N) is 2. The highest BCUT2D eigenvalue weighted by Gasteiger charge is 2.17. The van der Waals surface area contributed by atoms with Crippen molar-refractivity contribution >= 4 is 17.6 Å². The van der Waals surface area contributed by atoms with Crippen LogP contribution in [0.15, 0.2) is 16.5 Å². The number of hydrogen-bond donors (Lipinski definition) is 1. The van der Waals surface area contributed by atoms with Crippen LogP contribution in [0.4, 0.5) is 0 Å². The standard InChI is InChI=1S/C12H13ClN2O3/c1-7-3-4-8(18-7)11-12(13)15(2)9(14-11)5-6-10(16)17/h3-4H,5-6H2,1-2H3,(H,16,17). The van der Waals surface area contributed by atoms with Gasteiger partial charge in [-0.3, -0.25) is 4.79 Å². The lowest BCUT2D eigenvalue weighted by molar-refractivity contribution is -0.137. The summed E-state index contributed by atoms with van der Waals surface area (Å²) in [4.78, 5) is 14.9. The maximum atomic E-state index is 10.6. The van der Waals surface area contributed by atoms with Gasteiger partial charge in [0.25, 0.3) is 0 Å². The zero-order chi connectivity index (χ0) is 13.3. The van der Waals surface area contributed by atoms with Crippen LogP contribution >= 0.6 is 11.6 Å². The summed E-state index contributed by atoms with van der Waals surface area (Å²) < 4.78 is 7.15. The van der Waals surface area contributed by atoms with Gasteiger partial charge in [0.05, 0.1) is 6.42 Å². The average Bonchev–Trinajstić information content (AvgIpc) is 2.84. The van der Waals surface area contributed by atoms with E-state index in [9.17, 15) is 4.79 Å². The molecule has 0 bridgehead atoms. The van der Waals surface area contributed by atoms with Crippen LogP contribution < -0.4 is 0 Å². The van der Waals surface area contributed by atoms with Crippen LogP contribution in [0.2, 0.25) is 5.15 Å². The molecule has 18 heavy (non-hydrogen) atoms. The lowest BCUT2D eigenvalue weighted by Crippen LogP contribution is -2.03. The lowest BCUT2D eigenvalue weighted by atomic mass is 10.3. The molecule has 0 saturated carbocycles. The van der Waals surface area contributed by atoms with Gasteiger partial charge in [-0.05, 0) is 19.1 Å². The molecule has 0 aliphatic carbocycles. The Bertz CT molecular complexity index is 586. The second-order valence-electron chi connectivity index (χ2n) is 4.03. The van der Waals surface area contributed by atoms with E-state index in [1.54, 1.807) is 17.7 Å². The summed E-state index contributed by atoms with van der Waals surface area (Å²) in [5, 5.41) is 9.12. The van der Waals surface area contributed by atoms with Gasteiger partial charge in [-0.25, -0.2) is 4.98 Å². The third-order valence-corrected chi connectivity index (χ3v) is 3.09. The monoisotopic (exact) mass is 268 g/mol. The average molecular weight is 269 g/mol. The van der Waals surface area contributed by atoms with Gasteiger partial charge in [-0.2, -0.15) is 0 Å². The molecule has 2 aromatic heterocycles. The van der Waals surface area contributed by atoms with Crippen molar-refractivity contribution in [2.45, 2.75) is 19.8 Å². The number of aryl methyl sites for hydroxylation is 2. The predicted molar refractivity (Wildman–Crippen MR) is 66.6 cm³/mol. The summed E-state index contributed by atoms with van der Waals surface area (Å²) in [7, 11) is 1.76. The van der Waals surface area contributed by atoms with Crippen LogP contribution in [0, 0.1) is 6.92 Å². The van der Waals surface area contributed by atoms with E-state index in [1.807, 2.05) is 13.0 Å². The Hall–Kier alpha value is -1.75. The number of carboxylic acids is 1. The Balaban J connectivity index is 2.33. The second-order valence-corrected chi connectivity index (χ2v) is 4.39. The molecule has 0 aromatic carbocycles. The number of halogens is 1. The molecule has 2 aromatic rings. The quantitative estimate of drug-likeness (QED) is 0.926. The second kappa shape index (κ2) is 4.86. The minimum Gasteiger partial charge on any atom is -0.481 e. The molecule has 0 aliphatic heterocycles. The van der Waals surface area contributed by atoms with E-state index in [2.05, 4.69) is 4.98 Å². The van der Waals surface area contributed by atoms with E-state index in [4.69, 9.17) is 21.1 Å². The van der Waals surface area contributed by atoms with E-state index < -0.39 is 5.97 Å². The summed E-state index contributed by atoms with van der Waals surface area (Å²) in [6.07, 6.45) is 0.364. The van der Waals surface area contributed by atoms with Crippen molar-refractivity contribution in [2.75, 3.05) is 0 Å². The lowest BCUT2D eigenvalue weighted by Gasteiger charge is -1.99. The summed E-state index contributed by atoms with van der Waals surface area (Å²) in [5.41, 5.74) is 0.549. The first-order valence-corrected chi connectivity index (χ1v) is 5.86. The van der Waals surface area contributed by atoms with Crippen LogP contribution in [0.5, 0.6) is 0 Å². The number of imidazole rings is 1. The Morgan fingerprint density at radius 3 is 2.83 bits per heavy atom. The highest BCUT2D eigenvalue weighted by molar-refractivity contribution is 6.32. The van der Waals surface area contributed by atoms with Gasteiger partial charge in [0, 0.05) is 13.5 Å². The van der Waals surface area contributed by atoms with Crippen LogP contribution in [0.3, 0.4) is 0 Å². The fraction of sp³-hybridized carbons (Fsp3) is 0.333. The molecule has 0 spiro atoms. The summed E-state index contributed by atoms with van der Waals surface area (Å²) in [5.74, 6) is 1.14. The number of hydrogen-bond acceptors (Lipinski definition) is 3.